The van der Waals surface area contributed by atoms with E-state index in [0.29, 0.717) is 5.13 Å². The number of carbonyl (C=O) groups is 2. The van der Waals surface area contributed by atoms with Gasteiger partial charge in [0.25, 0.3) is 0 Å². The summed E-state index contributed by atoms with van der Waals surface area (Å²) in [7, 11) is 1.92. The maximum atomic E-state index is 11.9. The summed E-state index contributed by atoms with van der Waals surface area (Å²) in [6.45, 7) is 2.99. The fraction of sp³-hybridized carbons (Fsp3) is 0.438. The summed E-state index contributed by atoms with van der Waals surface area (Å²) in [6, 6.07) is 3.91. The van der Waals surface area contributed by atoms with Crippen molar-refractivity contribution in [2.24, 2.45) is 18.5 Å². The van der Waals surface area contributed by atoms with Gasteiger partial charge in [0.2, 0.25) is 11.8 Å². The number of hydrogen-bond acceptors (Lipinski definition) is 6. The quantitative estimate of drug-likeness (QED) is 0.531. The number of carbonyl (C=O) groups excluding carboxylic acids is 2. The first-order valence-electron chi connectivity index (χ1n) is 7.88. The summed E-state index contributed by atoms with van der Waals surface area (Å²) in [5.41, 5.74) is 14.1. The number of rotatable bonds is 7. The van der Waals surface area contributed by atoms with Crippen LogP contribution in [0.5, 0.6) is 0 Å². The number of nitrogens with one attached hydrogen (secondary N) is 2. The van der Waals surface area contributed by atoms with Gasteiger partial charge in [-0.15, -0.1) is 11.3 Å². The molecular formula is C16H24N6O2S. The van der Waals surface area contributed by atoms with Crippen molar-refractivity contribution in [1.82, 2.24) is 14.9 Å². The van der Waals surface area contributed by atoms with Gasteiger partial charge in [0.15, 0.2) is 5.13 Å². The zero-order chi connectivity index (χ0) is 18.6. The molecule has 2 aromatic heterocycles. The van der Waals surface area contributed by atoms with E-state index >= 15 is 0 Å². The van der Waals surface area contributed by atoms with E-state index in [0.717, 1.165) is 29.9 Å². The van der Waals surface area contributed by atoms with Gasteiger partial charge in [0.05, 0.1) is 12.1 Å². The molecule has 25 heavy (non-hydrogen) atoms. The molecule has 0 saturated heterocycles. The highest BCUT2D eigenvalue weighted by Gasteiger charge is 2.16. The predicted octanol–water partition coefficient (Wildman–Crippen LogP) is 0.475. The summed E-state index contributed by atoms with van der Waals surface area (Å²) < 4.78 is 1.99. The Morgan fingerprint density at radius 1 is 1.28 bits per heavy atom. The largest absolute Gasteiger partial charge is 0.351 e. The first-order valence-corrected chi connectivity index (χ1v) is 8.76. The molecule has 2 rings (SSSR count). The summed E-state index contributed by atoms with van der Waals surface area (Å²) in [4.78, 5) is 27.3. The maximum absolute atomic E-state index is 11.9. The molecule has 0 radical (unpaired) electrons. The van der Waals surface area contributed by atoms with Crippen molar-refractivity contribution in [3.8, 4) is 0 Å². The summed E-state index contributed by atoms with van der Waals surface area (Å²) in [5.74, 6) is -1.57. The Bertz CT molecular complexity index is 759. The molecular weight excluding hydrogens is 340 g/mol. The van der Waals surface area contributed by atoms with Crippen LogP contribution >= 0.6 is 11.3 Å². The van der Waals surface area contributed by atoms with Gasteiger partial charge in [-0.05, 0) is 31.9 Å². The smallest absolute Gasteiger partial charge is 0.228 e. The molecule has 6 N–H and O–H groups in total. The number of anilines is 1. The molecule has 9 heteroatoms. The maximum Gasteiger partial charge on any atom is 0.228 e. The lowest BCUT2D eigenvalue weighted by molar-refractivity contribution is -0.122. The van der Waals surface area contributed by atoms with Crippen LogP contribution in [0, 0.1) is 0 Å². The molecule has 0 bridgehead atoms. The van der Waals surface area contributed by atoms with Crippen molar-refractivity contribution in [2.75, 3.05) is 5.32 Å². The van der Waals surface area contributed by atoms with E-state index in [2.05, 4.69) is 15.6 Å². The lowest BCUT2D eigenvalue weighted by Gasteiger charge is -2.20. The fourth-order valence-electron chi connectivity index (χ4n) is 2.42. The van der Waals surface area contributed by atoms with Crippen LogP contribution in [0.3, 0.4) is 0 Å². The Morgan fingerprint density at radius 2 is 1.96 bits per heavy atom. The van der Waals surface area contributed by atoms with E-state index in [1.165, 1.54) is 25.2 Å². The Labute approximate surface area is 150 Å². The van der Waals surface area contributed by atoms with Crippen molar-refractivity contribution in [3.63, 3.8) is 0 Å². The molecule has 2 amide bonds. The van der Waals surface area contributed by atoms with Gasteiger partial charge in [0.1, 0.15) is 5.79 Å². The molecule has 0 aliphatic carbocycles. The van der Waals surface area contributed by atoms with Crippen LogP contribution in [0.15, 0.2) is 17.5 Å². The fourth-order valence-corrected chi connectivity index (χ4v) is 3.21. The second-order valence-electron chi connectivity index (χ2n) is 6.21. The number of nitrogens with two attached hydrogens (primary N) is 2. The average Bonchev–Trinajstić information content (AvgIpc) is 3.02. The molecule has 0 atom stereocenters. The standard InChI is InChI=1S/C16H24N6O2S/c1-10(23)19-15-20-11(9-25-15)4-5-12-6-7-13(22(12)3)8-14(24)21-16(2,17)18/h6-7,9H,4-5,8,17-18H2,1-3H3,(H,21,24)(H,19,20,23). The summed E-state index contributed by atoms with van der Waals surface area (Å²) >= 11 is 1.41. The molecule has 0 aliphatic heterocycles. The van der Waals surface area contributed by atoms with Gasteiger partial charge in [-0.1, -0.05) is 0 Å². The third kappa shape index (κ3) is 5.96. The van der Waals surface area contributed by atoms with Crippen molar-refractivity contribution in [1.29, 1.82) is 0 Å². The Kier molecular flexibility index (Phi) is 5.93. The van der Waals surface area contributed by atoms with Crippen LogP contribution in [0.2, 0.25) is 0 Å². The second kappa shape index (κ2) is 7.77. The van der Waals surface area contributed by atoms with Gasteiger partial charge in [-0.3, -0.25) is 21.1 Å². The van der Waals surface area contributed by atoms with E-state index in [1.807, 2.05) is 29.1 Å². The van der Waals surface area contributed by atoms with Gasteiger partial charge >= 0.3 is 0 Å². The van der Waals surface area contributed by atoms with Crippen LogP contribution in [0.25, 0.3) is 0 Å². The number of amides is 2. The molecule has 8 nitrogen and oxygen atoms in total. The third-order valence-corrected chi connectivity index (χ3v) is 4.36. The first-order chi connectivity index (χ1) is 11.6. The SMILES string of the molecule is CC(=O)Nc1nc(CCc2ccc(CC(=O)NC(C)(N)N)n2C)cs1. The van der Waals surface area contributed by atoms with Crippen molar-refractivity contribution >= 4 is 28.3 Å². The van der Waals surface area contributed by atoms with E-state index < -0.39 is 5.79 Å². The van der Waals surface area contributed by atoms with Crippen LogP contribution in [-0.4, -0.2) is 27.2 Å². The lowest BCUT2D eigenvalue weighted by Crippen LogP contribution is -2.60. The highest BCUT2D eigenvalue weighted by molar-refractivity contribution is 7.13. The second-order valence-corrected chi connectivity index (χ2v) is 7.07. The molecule has 0 aliphatic rings. The lowest BCUT2D eigenvalue weighted by atomic mass is 10.2. The molecule has 0 spiro atoms. The van der Waals surface area contributed by atoms with Crippen LogP contribution in [0.1, 0.15) is 30.9 Å². The molecule has 2 heterocycles. The highest BCUT2D eigenvalue weighted by Crippen LogP contribution is 2.17. The summed E-state index contributed by atoms with van der Waals surface area (Å²) in [5, 5.41) is 7.76. The minimum absolute atomic E-state index is 0.127. The van der Waals surface area contributed by atoms with Crippen molar-refractivity contribution in [2.45, 2.75) is 38.9 Å². The monoisotopic (exact) mass is 364 g/mol. The van der Waals surface area contributed by atoms with Crippen LogP contribution in [-0.2, 0) is 35.9 Å². The molecule has 0 unspecified atom stereocenters. The average molecular weight is 364 g/mol. The minimum Gasteiger partial charge on any atom is -0.351 e. The van der Waals surface area contributed by atoms with Gasteiger partial charge in [-0.2, -0.15) is 0 Å². The van der Waals surface area contributed by atoms with Gasteiger partial charge in [-0.25, -0.2) is 4.98 Å². The predicted molar refractivity (Wildman–Crippen MR) is 97.9 cm³/mol. The van der Waals surface area contributed by atoms with Crippen LogP contribution < -0.4 is 22.1 Å². The number of aryl methyl sites for hydroxylation is 2. The highest BCUT2D eigenvalue weighted by atomic mass is 32.1. The van der Waals surface area contributed by atoms with E-state index in [9.17, 15) is 9.59 Å². The molecule has 0 saturated carbocycles. The zero-order valence-corrected chi connectivity index (χ0v) is 15.4. The van der Waals surface area contributed by atoms with E-state index in [1.54, 1.807) is 0 Å². The van der Waals surface area contributed by atoms with Gasteiger partial charge in [0, 0.05) is 30.7 Å². The minimum atomic E-state index is -1.22. The zero-order valence-electron chi connectivity index (χ0n) is 14.6. The normalized spacial score (nSPS) is 11.4. The van der Waals surface area contributed by atoms with E-state index in [4.69, 9.17) is 11.5 Å². The Morgan fingerprint density at radius 3 is 2.60 bits per heavy atom. The Balaban J connectivity index is 1.93. The molecule has 2 aromatic rings. The molecule has 0 fully saturated rings. The number of thiazole rings is 1. The number of aromatic nitrogens is 2. The van der Waals surface area contributed by atoms with Crippen molar-refractivity contribution in [3.05, 3.63) is 34.6 Å². The third-order valence-electron chi connectivity index (χ3n) is 3.55. The first kappa shape index (κ1) is 19.1. The van der Waals surface area contributed by atoms with Crippen LogP contribution in [0.4, 0.5) is 5.13 Å². The topological polar surface area (TPSA) is 128 Å². The molecule has 136 valence electrons. The van der Waals surface area contributed by atoms with Crippen molar-refractivity contribution < 1.29 is 9.59 Å². The number of hydrogen-bond donors (Lipinski definition) is 4. The molecule has 0 aromatic carbocycles. The summed E-state index contributed by atoms with van der Waals surface area (Å²) in [6.07, 6.45) is 1.75. The Hall–Kier alpha value is -2.23. The number of nitrogens with zero attached hydrogens (tertiary/aromatic N) is 2. The van der Waals surface area contributed by atoms with Gasteiger partial charge < -0.3 is 15.2 Å². The van der Waals surface area contributed by atoms with E-state index in [-0.39, 0.29) is 18.2 Å².